The van der Waals surface area contributed by atoms with Crippen molar-refractivity contribution in [2.75, 3.05) is 6.61 Å². The summed E-state index contributed by atoms with van der Waals surface area (Å²) in [5.41, 5.74) is 0.895. The largest absolute Gasteiger partial charge is 0.466 e. The van der Waals surface area contributed by atoms with Crippen LogP contribution in [0.5, 0.6) is 0 Å². The molecule has 0 unspecified atom stereocenters. The Morgan fingerprint density at radius 1 is 1.35 bits per heavy atom. The van der Waals surface area contributed by atoms with Gasteiger partial charge in [0.15, 0.2) is 0 Å². The first-order valence-corrected chi connectivity index (χ1v) is 5.89. The Balaban J connectivity index is 2.54. The predicted molar refractivity (Wildman–Crippen MR) is 64.9 cm³/mol. The lowest BCUT2D eigenvalue weighted by atomic mass is 9.94. The molecule has 0 fully saturated rings. The summed E-state index contributed by atoms with van der Waals surface area (Å²) in [6, 6.07) is 6.47. The van der Waals surface area contributed by atoms with Gasteiger partial charge < -0.3 is 4.74 Å². The quantitative estimate of drug-likeness (QED) is 0.709. The standard InChI is InChI=1S/C14H18FO2/c1-3-11(10-14(16)17-4-2)8-12-6-5-7-13(15)9-12/h5-7,9H,3-4,8,10H2,1-2H3. The normalized spacial score (nSPS) is 10.6. The summed E-state index contributed by atoms with van der Waals surface area (Å²) in [5.74, 6) is 0.615. The highest BCUT2D eigenvalue weighted by molar-refractivity contribution is 5.71. The van der Waals surface area contributed by atoms with Crippen LogP contribution in [-0.4, -0.2) is 12.6 Å². The fraction of sp³-hybridized carbons (Fsp3) is 0.429. The van der Waals surface area contributed by atoms with E-state index in [0.717, 1.165) is 17.9 Å². The third kappa shape index (κ3) is 4.98. The maximum Gasteiger partial charge on any atom is 0.306 e. The van der Waals surface area contributed by atoms with Gasteiger partial charge in [0.25, 0.3) is 0 Å². The van der Waals surface area contributed by atoms with Crippen molar-refractivity contribution >= 4 is 5.97 Å². The molecule has 1 aromatic carbocycles. The van der Waals surface area contributed by atoms with Crippen LogP contribution in [0.4, 0.5) is 4.39 Å². The fourth-order valence-corrected chi connectivity index (χ4v) is 1.66. The third-order valence-electron chi connectivity index (χ3n) is 2.54. The highest BCUT2D eigenvalue weighted by Crippen LogP contribution is 2.19. The molecule has 0 spiro atoms. The van der Waals surface area contributed by atoms with Crippen molar-refractivity contribution in [1.82, 2.24) is 0 Å². The Hall–Kier alpha value is -1.38. The molecular weight excluding hydrogens is 219 g/mol. The van der Waals surface area contributed by atoms with Gasteiger partial charge in [-0.05, 0) is 43.4 Å². The van der Waals surface area contributed by atoms with E-state index in [-0.39, 0.29) is 11.8 Å². The summed E-state index contributed by atoms with van der Waals surface area (Å²) in [7, 11) is 0. The van der Waals surface area contributed by atoms with Gasteiger partial charge in [0.2, 0.25) is 0 Å². The van der Waals surface area contributed by atoms with Crippen molar-refractivity contribution in [2.45, 2.75) is 33.1 Å². The Morgan fingerprint density at radius 3 is 2.71 bits per heavy atom. The first-order chi connectivity index (χ1) is 8.15. The molecule has 0 bridgehead atoms. The van der Waals surface area contributed by atoms with Gasteiger partial charge in [-0.2, -0.15) is 0 Å². The van der Waals surface area contributed by atoms with E-state index in [2.05, 4.69) is 0 Å². The summed E-state index contributed by atoms with van der Waals surface area (Å²) in [6.45, 7) is 4.18. The average molecular weight is 237 g/mol. The van der Waals surface area contributed by atoms with E-state index >= 15 is 0 Å². The zero-order chi connectivity index (χ0) is 12.7. The molecule has 1 radical (unpaired) electrons. The summed E-state index contributed by atoms with van der Waals surface area (Å²) < 4.78 is 17.9. The van der Waals surface area contributed by atoms with Gasteiger partial charge in [0.05, 0.1) is 13.0 Å². The van der Waals surface area contributed by atoms with Crippen molar-refractivity contribution in [2.24, 2.45) is 0 Å². The van der Waals surface area contributed by atoms with Crippen LogP contribution >= 0.6 is 0 Å². The average Bonchev–Trinajstić information content (AvgIpc) is 2.28. The Kier molecular flexibility index (Phi) is 5.67. The summed E-state index contributed by atoms with van der Waals surface area (Å²) in [6.07, 6.45) is 1.75. The maximum atomic E-state index is 13.0. The van der Waals surface area contributed by atoms with E-state index < -0.39 is 0 Å². The smallest absolute Gasteiger partial charge is 0.306 e. The molecular formula is C14H18FO2. The molecule has 3 heteroatoms. The lowest BCUT2D eigenvalue weighted by Crippen LogP contribution is -2.11. The van der Waals surface area contributed by atoms with Crippen molar-refractivity contribution in [3.63, 3.8) is 0 Å². The molecule has 0 saturated heterocycles. The van der Waals surface area contributed by atoms with E-state index in [1.165, 1.54) is 12.1 Å². The van der Waals surface area contributed by atoms with Crippen LogP contribution < -0.4 is 0 Å². The van der Waals surface area contributed by atoms with Crippen LogP contribution in [-0.2, 0) is 16.0 Å². The number of carbonyl (C=O) groups is 1. The van der Waals surface area contributed by atoms with Crippen molar-refractivity contribution < 1.29 is 13.9 Å². The van der Waals surface area contributed by atoms with E-state index in [4.69, 9.17) is 4.74 Å². The number of hydrogen-bond donors (Lipinski definition) is 0. The number of rotatable bonds is 6. The van der Waals surface area contributed by atoms with Crippen molar-refractivity contribution in [3.8, 4) is 0 Å². The minimum Gasteiger partial charge on any atom is -0.466 e. The molecule has 0 aliphatic rings. The van der Waals surface area contributed by atoms with Crippen molar-refractivity contribution in [1.29, 1.82) is 0 Å². The molecule has 0 aromatic heterocycles. The van der Waals surface area contributed by atoms with Gasteiger partial charge in [-0.25, -0.2) is 4.39 Å². The number of benzene rings is 1. The second kappa shape index (κ2) is 7.05. The van der Waals surface area contributed by atoms with Gasteiger partial charge in [0, 0.05) is 0 Å². The summed E-state index contributed by atoms with van der Waals surface area (Å²) in [5, 5.41) is 0. The van der Waals surface area contributed by atoms with Crippen molar-refractivity contribution in [3.05, 3.63) is 41.6 Å². The van der Waals surface area contributed by atoms with Gasteiger partial charge in [-0.1, -0.05) is 19.1 Å². The fourth-order valence-electron chi connectivity index (χ4n) is 1.66. The number of ether oxygens (including phenoxy) is 1. The van der Waals surface area contributed by atoms with E-state index in [1.807, 2.05) is 13.0 Å². The first kappa shape index (κ1) is 13.7. The highest BCUT2D eigenvalue weighted by Gasteiger charge is 2.14. The second-order valence-corrected chi connectivity index (χ2v) is 3.89. The molecule has 0 N–H and O–H groups in total. The Bertz CT molecular complexity index is 363. The maximum absolute atomic E-state index is 13.0. The molecule has 17 heavy (non-hydrogen) atoms. The molecule has 1 aromatic rings. The molecule has 2 nitrogen and oxygen atoms in total. The third-order valence-corrected chi connectivity index (χ3v) is 2.54. The van der Waals surface area contributed by atoms with Crippen LogP contribution in [0.25, 0.3) is 0 Å². The minimum atomic E-state index is -0.242. The molecule has 0 saturated carbocycles. The van der Waals surface area contributed by atoms with E-state index in [0.29, 0.717) is 19.4 Å². The molecule has 0 aliphatic carbocycles. The van der Waals surface area contributed by atoms with Crippen LogP contribution in [0.1, 0.15) is 32.3 Å². The van der Waals surface area contributed by atoms with Crippen LogP contribution in [0.2, 0.25) is 0 Å². The predicted octanol–water partition coefficient (Wildman–Crippen LogP) is 3.31. The lowest BCUT2D eigenvalue weighted by Gasteiger charge is -2.13. The summed E-state index contributed by atoms with van der Waals surface area (Å²) >= 11 is 0. The molecule has 93 valence electrons. The number of carbonyl (C=O) groups excluding carboxylic acids is 1. The monoisotopic (exact) mass is 237 g/mol. The first-order valence-electron chi connectivity index (χ1n) is 5.89. The number of halogens is 1. The van der Waals surface area contributed by atoms with E-state index in [1.54, 1.807) is 13.0 Å². The Morgan fingerprint density at radius 2 is 2.12 bits per heavy atom. The molecule has 0 heterocycles. The Labute approximate surface area is 102 Å². The molecule has 0 amide bonds. The summed E-state index contributed by atoms with van der Waals surface area (Å²) in [4.78, 5) is 11.4. The highest BCUT2D eigenvalue weighted by atomic mass is 19.1. The van der Waals surface area contributed by atoms with Gasteiger partial charge in [0.1, 0.15) is 5.82 Å². The van der Waals surface area contributed by atoms with Crippen LogP contribution in [0, 0.1) is 11.7 Å². The van der Waals surface area contributed by atoms with Crippen LogP contribution in [0.3, 0.4) is 0 Å². The van der Waals surface area contributed by atoms with E-state index in [9.17, 15) is 9.18 Å². The topological polar surface area (TPSA) is 26.3 Å². The molecule has 0 aliphatic heterocycles. The van der Waals surface area contributed by atoms with Gasteiger partial charge in [-0.15, -0.1) is 0 Å². The second-order valence-electron chi connectivity index (χ2n) is 3.89. The SMILES string of the molecule is CCOC(=O)C[C](CC)Cc1cccc(F)c1. The molecule has 1 rings (SSSR count). The number of hydrogen-bond acceptors (Lipinski definition) is 2. The minimum absolute atomic E-state index is 0.208. The van der Waals surface area contributed by atoms with Crippen LogP contribution in [0.15, 0.2) is 24.3 Å². The zero-order valence-electron chi connectivity index (χ0n) is 10.3. The lowest BCUT2D eigenvalue weighted by molar-refractivity contribution is -0.142. The number of esters is 1. The van der Waals surface area contributed by atoms with Gasteiger partial charge in [-0.3, -0.25) is 4.79 Å². The van der Waals surface area contributed by atoms with Gasteiger partial charge >= 0.3 is 5.97 Å². The zero-order valence-corrected chi connectivity index (χ0v) is 10.3. The molecule has 0 atom stereocenters.